The molecule has 0 aliphatic carbocycles. The quantitative estimate of drug-likeness (QED) is 0.900. The molecule has 1 fully saturated rings. The van der Waals surface area contributed by atoms with E-state index in [9.17, 15) is 12.8 Å². The smallest absolute Gasteiger partial charge is 0.208 e. The third kappa shape index (κ3) is 2.22. The highest BCUT2D eigenvalue weighted by Gasteiger charge is 2.46. The Morgan fingerprint density at radius 1 is 1.29 bits per heavy atom. The van der Waals surface area contributed by atoms with Gasteiger partial charge >= 0.3 is 0 Å². The van der Waals surface area contributed by atoms with Crippen molar-refractivity contribution < 1.29 is 17.5 Å². The van der Waals surface area contributed by atoms with Crippen LogP contribution in [0.15, 0.2) is 46.5 Å². The summed E-state index contributed by atoms with van der Waals surface area (Å²) in [6.45, 7) is 3.79. The molecule has 126 valence electrons. The zero-order valence-corrected chi connectivity index (χ0v) is 13.9. The van der Waals surface area contributed by atoms with Gasteiger partial charge in [-0.3, -0.25) is 4.98 Å². The second-order valence-electron chi connectivity index (χ2n) is 6.48. The number of hydrogen-bond acceptors (Lipinski definition) is 5. The molecule has 3 heterocycles. The van der Waals surface area contributed by atoms with Crippen molar-refractivity contribution in [3.8, 4) is 5.75 Å². The molecule has 4 rings (SSSR count). The molecule has 0 saturated carbocycles. The molecule has 1 N–H and O–H groups in total. The Bertz CT molecular complexity index is 916. The second kappa shape index (κ2) is 5.26. The maximum Gasteiger partial charge on any atom is 0.208 e. The van der Waals surface area contributed by atoms with E-state index in [1.165, 1.54) is 0 Å². The normalized spacial score (nSPS) is 25.7. The summed E-state index contributed by atoms with van der Waals surface area (Å²) < 4.78 is 44.7. The Labute approximate surface area is 139 Å². The van der Waals surface area contributed by atoms with E-state index in [2.05, 4.69) is 17.2 Å². The minimum atomic E-state index is -3.83. The topological polar surface area (TPSA) is 68.3 Å². The molecule has 2 aliphatic heterocycles. The fourth-order valence-electron chi connectivity index (χ4n) is 3.52. The van der Waals surface area contributed by atoms with E-state index in [0.29, 0.717) is 5.75 Å². The van der Waals surface area contributed by atoms with Gasteiger partial charge in [0.1, 0.15) is 17.7 Å². The first-order valence-corrected chi connectivity index (χ1v) is 9.27. The Morgan fingerprint density at radius 2 is 2.12 bits per heavy atom. The molecule has 1 aromatic carbocycles. The number of sulfone groups is 1. The molecule has 24 heavy (non-hydrogen) atoms. The summed E-state index contributed by atoms with van der Waals surface area (Å²) in [5.41, 5.74) is 0.925. The second-order valence-corrected chi connectivity index (χ2v) is 8.43. The number of benzene rings is 1. The Balaban J connectivity index is 1.78. The van der Waals surface area contributed by atoms with Gasteiger partial charge in [-0.05, 0) is 31.2 Å². The van der Waals surface area contributed by atoms with Gasteiger partial charge in [-0.25, -0.2) is 12.8 Å². The molecule has 1 aromatic heterocycles. The number of pyridine rings is 1. The minimum absolute atomic E-state index is 0.00459. The van der Waals surface area contributed by atoms with Crippen LogP contribution >= 0.6 is 0 Å². The molecule has 2 aromatic rings. The molecular weight excluding hydrogens is 331 g/mol. The third-order valence-corrected chi connectivity index (χ3v) is 6.72. The van der Waals surface area contributed by atoms with E-state index in [0.717, 1.165) is 43.5 Å². The molecule has 5 nitrogen and oxygen atoms in total. The number of halogens is 1. The van der Waals surface area contributed by atoms with Crippen LogP contribution in [0.5, 0.6) is 5.75 Å². The summed E-state index contributed by atoms with van der Waals surface area (Å²) in [6, 6.07) is 5.90. The molecule has 2 unspecified atom stereocenters. The van der Waals surface area contributed by atoms with Gasteiger partial charge in [0.2, 0.25) is 9.84 Å². The zero-order chi connectivity index (χ0) is 16.9. The van der Waals surface area contributed by atoms with E-state index in [-0.39, 0.29) is 21.3 Å². The number of nitrogens with zero attached hydrogens (tertiary/aromatic N) is 1. The van der Waals surface area contributed by atoms with Crippen molar-refractivity contribution in [1.82, 2.24) is 10.3 Å². The number of nitrogens with one attached hydrogen (secondary N) is 1. The lowest BCUT2D eigenvalue weighted by atomic mass is 9.74. The van der Waals surface area contributed by atoms with Gasteiger partial charge in [-0.1, -0.05) is 13.0 Å². The first-order valence-electron chi connectivity index (χ1n) is 7.79. The van der Waals surface area contributed by atoms with Crippen LogP contribution in [-0.2, 0) is 15.3 Å². The molecule has 0 spiro atoms. The molecule has 2 atom stereocenters. The van der Waals surface area contributed by atoms with Crippen molar-refractivity contribution in [1.29, 1.82) is 0 Å². The van der Waals surface area contributed by atoms with Gasteiger partial charge in [0.25, 0.3) is 0 Å². The minimum Gasteiger partial charge on any atom is -0.488 e. The highest BCUT2D eigenvalue weighted by molar-refractivity contribution is 7.91. The Hall–Kier alpha value is -1.99. The Morgan fingerprint density at radius 3 is 2.92 bits per heavy atom. The summed E-state index contributed by atoms with van der Waals surface area (Å²) in [7, 11) is -3.83. The van der Waals surface area contributed by atoms with Crippen LogP contribution in [0.2, 0.25) is 0 Å². The molecule has 0 bridgehead atoms. The number of aromatic nitrogens is 1. The maximum absolute atomic E-state index is 13.3. The van der Waals surface area contributed by atoms with Gasteiger partial charge in [0, 0.05) is 23.7 Å². The van der Waals surface area contributed by atoms with Gasteiger partial charge in [-0.2, -0.15) is 0 Å². The van der Waals surface area contributed by atoms with Crippen LogP contribution in [-0.4, -0.2) is 32.6 Å². The van der Waals surface area contributed by atoms with Crippen molar-refractivity contribution in [3.63, 3.8) is 0 Å². The predicted molar refractivity (Wildman–Crippen MR) is 85.3 cm³/mol. The summed E-state index contributed by atoms with van der Waals surface area (Å²) in [6.07, 6.45) is 3.06. The van der Waals surface area contributed by atoms with E-state index < -0.39 is 15.7 Å². The van der Waals surface area contributed by atoms with Crippen LogP contribution in [0, 0.1) is 5.82 Å². The first-order chi connectivity index (χ1) is 11.4. The van der Waals surface area contributed by atoms with Crippen molar-refractivity contribution in [3.05, 3.63) is 48.0 Å². The van der Waals surface area contributed by atoms with E-state index in [4.69, 9.17) is 4.74 Å². The monoisotopic (exact) mass is 348 g/mol. The van der Waals surface area contributed by atoms with Gasteiger partial charge in [0.05, 0.1) is 16.0 Å². The summed E-state index contributed by atoms with van der Waals surface area (Å²) in [4.78, 5) is 3.55. The fourth-order valence-corrected chi connectivity index (χ4v) is 4.76. The summed E-state index contributed by atoms with van der Waals surface area (Å²) in [5.74, 6) is -0.0882. The highest BCUT2D eigenvalue weighted by atomic mass is 32.2. The van der Waals surface area contributed by atoms with Crippen molar-refractivity contribution in [2.75, 3.05) is 13.1 Å². The van der Waals surface area contributed by atoms with E-state index in [1.807, 2.05) is 6.07 Å². The van der Waals surface area contributed by atoms with Crippen molar-refractivity contribution in [2.24, 2.45) is 0 Å². The van der Waals surface area contributed by atoms with Crippen LogP contribution in [0.3, 0.4) is 0 Å². The Kier molecular flexibility index (Phi) is 3.40. The predicted octanol–water partition coefficient (Wildman–Crippen LogP) is 2.07. The lowest BCUT2D eigenvalue weighted by molar-refractivity contribution is 0.123. The van der Waals surface area contributed by atoms with Gasteiger partial charge in [0.15, 0.2) is 0 Å². The number of piperidine rings is 1. The molecule has 7 heteroatoms. The number of rotatable bonds is 2. The number of hydrogen-bond donors (Lipinski definition) is 1. The van der Waals surface area contributed by atoms with Crippen molar-refractivity contribution in [2.45, 2.75) is 34.7 Å². The lowest BCUT2D eigenvalue weighted by Crippen LogP contribution is -2.49. The maximum atomic E-state index is 13.3. The van der Waals surface area contributed by atoms with Gasteiger partial charge in [-0.15, -0.1) is 0 Å². The largest absolute Gasteiger partial charge is 0.488 e. The molecular formula is C17H17FN2O3S. The first kappa shape index (κ1) is 15.5. The third-order valence-electron chi connectivity index (χ3n) is 5.00. The zero-order valence-electron chi connectivity index (χ0n) is 13.1. The van der Waals surface area contributed by atoms with E-state index >= 15 is 0 Å². The summed E-state index contributed by atoms with van der Waals surface area (Å²) in [5, 5.41) is 3.30. The molecule has 0 radical (unpaired) electrons. The van der Waals surface area contributed by atoms with Gasteiger partial charge < -0.3 is 10.1 Å². The van der Waals surface area contributed by atoms with Crippen molar-refractivity contribution >= 4 is 9.84 Å². The van der Waals surface area contributed by atoms with Crippen LogP contribution < -0.4 is 10.1 Å². The van der Waals surface area contributed by atoms with Crippen LogP contribution in [0.1, 0.15) is 18.9 Å². The highest BCUT2D eigenvalue weighted by Crippen LogP contribution is 2.47. The van der Waals surface area contributed by atoms with E-state index in [1.54, 1.807) is 12.1 Å². The SMILES string of the molecule is CC12CCNCC1Oc1cc(S(=O)(=O)c3cncc(F)c3)ccc12. The fraction of sp³-hybridized carbons (Fsp3) is 0.353. The summed E-state index contributed by atoms with van der Waals surface area (Å²) >= 11 is 0. The number of fused-ring (bicyclic) bond motifs is 3. The lowest BCUT2D eigenvalue weighted by Gasteiger charge is -2.35. The standard InChI is InChI=1S/C17H17FN2O3S/c1-17-4-5-19-10-16(17)23-15-7-12(2-3-14(15)17)24(21,22)13-6-11(18)8-20-9-13/h2-3,6-9,16,19H,4-5,10H2,1H3. The molecule has 1 saturated heterocycles. The van der Waals surface area contributed by atoms with Crippen LogP contribution in [0.4, 0.5) is 4.39 Å². The average Bonchev–Trinajstić information content (AvgIpc) is 2.86. The number of ether oxygens (including phenoxy) is 1. The molecule has 0 amide bonds. The molecule has 2 aliphatic rings. The average molecular weight is 348 g/mol. The van der Waals surface area contributed by atoms with Crippen LogP contribution in [0.25, 0.3) is 0 Å².